The number of hydrogen-bond acceptors (Lipinski definition) is 2. The van der Waals surface area contributed by atoms with E-state index >= 15 is 0 Å². The summed E-state index contributed by atoms with van der Waals surface area (Å²) in [6.45, 7) is 38.0. The maximum Gasteiger partial charge on any atom is 0.252 e. The third-order valence-electron chi connectivity index (χ3n) is 16.8. The first-order chi connectivity index (χ1) is 29.8. The summed E-state index contributed by atoms with van der Waals surface area (Å²) in [4.78, 5) is 4.99. The van der Waals surface area contributed by atoms with E-state index in [0.717, 1.165) is 54.1 Å². The maximum absolute atomic E-state index is 9.15. The monoisotopic (exact) mass is 824 g/mol. The first-order valence-electron chi connectivity index (χ1n) is 25.2. The van der Waals surface area contributed by atoms with Gasteiger partial charge in [0.25, 0.3) is 6.71 Å². The summed E-state index contributed by atoms with van der Waals surface area (Å²) in [5.74, 6) is 0. The lowest BCUT2D eigenvalue weighted by Crippen LogP contribution is -2.62. The average molecular weight is 824 g/mol. The number of rotatable bonds is 2. The van der Waals surface area contributed by atoms with Gasteiger partial charge in [-0.2, -0.15) is 0 Å². The number of nitrogens with zero attached hydrogens (tertiary/aromatic N) is 2. The molecule has 322 valence electrons. The maximum atomic E-state index is 9.15. The van der Waals surface area contributed by atoms with E-state index in [4.69, 9.17) is 4.11 Å². The van der Waals surface area contributed by atoms with Crippen LogP contribution in [0.1, 0.15) is 189 Å². The van der Waals surface area contributed by atoms with Gasteiger partial charge < -0.3 is 9.80 Å². The Morgan fingerprint density at radius 3 is 1.61 bits per heavy atom. The smallest absolute Gasteiger partial charge is 0.252 e. The van der Waals surface area contributed by atoms with Crippen molar-refractivity contribution in [3.05, 3.63) is 122 Å². The second-order valence-electron chi connectivity index (χ2n) is 25.5. The van der Waals surface area contributed by atoms with Crippen LogP contribution in [0.3, 0.4) is 0 Å². The SMILES string of the molecule is [2H]C([2H])([2H])c1cc2c3c(c1)N(c1ccc4c(c1C)C(C)(C)CC4(C)C)c1ccc(C(C)(C)C)cc1B3c1cc3c(cc1N2c1cc2c(cc1C)C(C)(C)CC2(C)C)C(C)(C)CCC3(C)C. The Morgan fingerprint density at radius 1 is 0.500 bits per heavy atom. The molecule has 2 aliphatic heterocycles. The molecule has 5 aromatic carbocycles. The Balaban J connectivity index is 1.38. The molecule has 0 saturated carbocycles. The fraction of sp³-hybridized carbons (Fsp3) is 0.492. The van der Waals surface area contributed by atoms with Gasteiger partial charge in [-0.15, -0.1) is 0 Å². The molecule has 0 saturated heterocycles. The summed E-state index contributed by atoms with van der Waals surface area (Å²) in [7, 11) is 0. The van der Waals surface area contributed by atoms with Gasteiger partial charge in [0.1, 0.15) is 0 Å². The van der Waals surface area contributed by atoms with Crippen LogP contribution in [-0.2, 0) is 37.9 Å². The summed E-state index contributed by atoms with van der Waals surface area (Å²) in [5.41, 5.74) is 23.0. The van der Waals surface area contributed by atoms with E-state index in [1.165, 1.54) is 72.1 Å². The topological polar surface area (TPSA) is 6.48 Å². The molecule has 5 aliphatic rings. The number of aryl methyl sites for hydroxylation is 2. The fourth-order valence-corrected chi connectivity index (χ4v) is 14.1. The van der Waals surface area contributed by atoms with E-state index in [-0.39, 0.29) is 44.6 Å². The van der Waals surface area contributed by atoms with Gasteiger partial charge in [-0.1, -0.05) is 134 Å². The van der Waals surface area contributed by atoms with Gasteiger partial charge in [0, 0.05) is 38.2 Å². The minimum Gasteiger partial charge on any atom is -0.311 e. The Kier molecular flexibility index (Phi) is 7.72. The fourth-order valence-electron chi connectivity index (χ4n) is 14.1. The third-order valence-corrected chi connectivity index (χ3v) is 16.8. The van der Waals surface area contributed by atoms with E-state index in [1.54, 1.807) is 0 Å². The Morgan fingerprint density at radius 2 is 1.00 bits per heavy atom. The van der Waals surface area contributed by atoms with Crippen LogP contribution in [0.2, 0.25) is 0 Å². The van der Waals surface area contributed by atoms with Crippen molar-refractivity contribution in [1.82, 2.24) is 0 Å². The molecule has 0 bridgehead atoms. The molecule has 10 rings (SSSR count). The summed E-state index contributed by atoms with van der Waals surface area (Å²) in [5, 5.41) is 0. The minimum atomic E-state index is -2.34. The highest BCUT2D eigenvalue weighted by molar-refractivity contribution is 7.00. The number of benzene rings is 5. The Hall–Kier alpha value is -4.24. The highest BCUT2D eigenvalue weighted by Crippen LogP contribution is 2.57. The minimum absolute atomic E-state index is 0.00305. The first kappa shape index (κ1) is 38.2. The molecule has 0 spiro atoms. The normalized spacial score (nSPS) is 22.1. The van der Waals surface area contributed by atoms with Crippen molar-refractivity contribution in [3.63, 3.8) is 0 Å². The van der Waals surface area contributed by atoms with Crippen LogP contribution in [-0.4, -0.2) is 6.71 Å². The van der Waals surface area contributed by atoms with Crippen LogP contribution in [0.25, 0.3) is 0 Å². The predicted octanol–water partition coefficient (Wildman–Crippen LogP) is 14.3. The molecule has 0 fully saturated rings. The van der Waals surface area contributed by atoms with Crippen LogP contribution in [0, 0.1) is 20.7 Å². The molecule has 0 atom stereocenters. The zero-order valence-corrected chi connectivity index (χ0v) is 41.2. The van der Waals surface area contributed by atoms with Crippen molar-refractivity contribution < 1.29 is 4.11 Å². The van der Waals surface area contributed by atoms with E-state index in [0.29, 0.717) is 5.56 Å². The zero-order valence-electron chi connectivity index (χ0n) is 44.2. The zero-order chi connectivity index (χ0) is 47.3. The molecule has 62 heavy (non-hydrogen) atoms. The number of fused-ring (bicyclic) bond motifs is 7. The van der Waals surface area contributed by atoms with E-state index in [9.17, 15) is 0 Å². The van der Waals surface area contributed by atoms with E-state index in [2.05, 4.69) is 188 Å². The Bertz CT molecular complexity index is 2900. The van der Waals surface area contributed by atoms with Gasteiger partial charge in [0.15, 0.2) is 0 Å². The van der Waals surface area contributed by atoms with Crippen LogP contribution >= 0.6 is 0 Å². The average Bonchev–Trinajstić information content (AvgIpc) is 3.49. The molecule has 3 aliphatic carbocycles. The van der Waals surface area contributed by atoms with Crippen LogP contribution in [0.4, 0.5) is 34.1 Å². The van der Waals surface area contributed by atoms with Gasteiger partial charge in [0.05, 0.1) is 0 Å². The largest absolute Gasteiger partial charge is 0.311 e. The summed E-state index contributed by atoms with van der Waals surface area (Å²) in [6.07, 6.45) is 4.39. The van der Waals surface area contributed by atoms with Gasteiger partial charge in [-0.05, 0) is 193 Å². The van der Waals surface area contributed by atoms with Gasteiger partial charge in [-0.3, -0.25) is 0 Å². The van der Waals surface area contributed by atoms with Crippen molar-refractivity contribution in [2.24, 2.45) is 0 Å². The quantitative estimate of drug-likeness (QED) is 0.160. The molecule has 2 heterocycles. The summed E-state index contributed by atoms with van der Waals surface area (Å²) >= 11 is 0. The number of anilines is 6. The molecule has 0 unspecified atom stereocenters. The van der Waals surface area contributed by atoms with Gasteiger partial charge >= 0.3 is 0 Å². The lowest BCUT2D eigenvalue weighted by Gasteiger charge is -2.48. The molecule has 3 heteroatoms. The number of hydrogen-bond donors (Lipinski definition) is 0. The summed E-state index contributed by atoms with van der Waals surface area (Å²) in [6, 6.07) is 26.1. The highest BCUT2D eigenvalue weighted by atomic mass is 15.2. The predicted molar refractivity (Wildman–Crippen MR) is 270 cm³/mol. The lowest BCUT2D eigenvalue weighted by molar-refractivity contribution is 0.332. The molecule has 0 radical (unpaired) electrons. The highest BCUT2D eigenvalue weighted by Gasteiger charge is 2.50. The van der Waals surface area contributed by atoms with Gasteiger partial charge in [-0.25, -0.2) is 0 Å². The van der Waals surface area contributed by atoms with Crippen molar-refractivity contribution in [3.8, 4) is 0 Å². The van der Waals surface area contributed by atoms with Crippen molar-refractivity contribution in [1.29, 1.82) is 0 Å². The standard InChI is InChI=1S/C59H73BN2/c1-34-25-49-52-50(26-34)62(47-30-42-39(27-35(47)2)57(13,14)32-58(42,15)16)48-31-41-40(54(7,8)23-24-55(41,9)10)29-44(48)60(52)43-28-37(53(4,5)6)19-21-46(43)61(49)45-22-20-38-51(36(45)3)59(17,18)33-56(38,11)12/h19-22,25-31H,23-24,32-33H2,1-18H3/i1D3. The van der Waals surface area contributed by atoms with Crippen molar-refractivity contribution in [2.75, 3.05) is 9.80 Å². The summed E-state index contributed by atoms with van der Waals surface area (Å²) < 4.78 is 27.5. The lowest BCUT2D eigenvalue weighted by atomic mass is 9.33. The second kappa shape index (κ2) is 12.5. The molecule has 0 aromatic heterocycles. The van der Waals surface area contributed by atoms with Crippen molar-refractivity contribution in [2.45, 2.75) is 188 Å². The van der Waals surface area contributed by atoms with E-state index in [1.807, 2.05) is 6.07 Å². The van der Waals surface area contributed by atoms with Crippen molar-refractivity contribution >= 4 is 57.2 Å². The molecule has 0 N–H and O–H groups in total. The molecular formula is C59H73BN2. The first-order valence-corrected chi connectivity index (χ1v) is 23.7. The molecular weight excluding hydrogens is 747 g/mol. The third kappa shape index (κ3) is 5.74. The van der Waals surface area contributed by atoms with E-state index < -0.39 is 6.85 Å². The van der Waals surface area contributed by atoms with Crippen LogP contribution < -0.4 is 26.2 Å². The molecule has 2 nitrogen and oxygen atoms in total. The second-order valence-corrected chi connectivity index (χ2v) is 25.5. The molecule has 0 amide bonds. The Labute approximate surface area is 380 Å². The van der Waals surface area contributed by atoms with Crippen LogP contribution in [0.5, 0.6) is 0 Å². The molecule has 5 aromatic rings. The van der Waals surface area contributed by atoms with Gasteiger partial charge in [0.2, 0.25) is 0 Å². The van der Waals surface area contributed by atoms with Crippen LogP contribution in [0.15, 0.2) is 66.7 Å².